The van der Waals surface area contributed by atoms with E-state index < -0.39 is 0 Å². The highest BCUT2D eigenvalue weighted by Gasteiger charge is 2.24. The van der Waals surface area contributed by atoms with Crippen molar-refractivity contribution in [2.24, 2.45) is 0 Å². The van der Waals surface area contributed by atoms with E-state index >= 15 is 0 Å². The number of hydrogen-bond donors (Lipinski definition) is 0. The van der Waals surface area contributed by atoms with E-state index in [0.29, 0.717) is 0 Å². The average molecular weight is 280 g/mol. The molecule has 0 saturated heterocycles. The smallest absolute Gasteiger partial charge is 0.00174 e. The molecule has 1 aliphatic carbocycles. The highest BCUT2D eigenvalue weighted by molar-refractivity contribution is 6.21. The first-order chi connectivity index (χ1) is 10.9. The zero-order valence-corrected chi connectivity index (χ0v) is 12.6. The molecule has 5 rings (SSSR count). The molecule has 0 N–H and O–H groups in total. The minimum Gasteiger partial charge on any atom is -0.0616 e. The molecule has 0 bridgehead atoms. The van der Waals surface area contributed by atoms with Gasteiger partial charge < -0.3 is 0 Å². The first kappa shape index (κ1) is 12.0. The Bertz CT molecular complexity index is 1050. The van der Waals surface area contributed by atoms with Crippen LogP contribution in [0.4, 0.5) is 0 Å². The van der Waals surface area contributed by atoms with Crippen LogP contribution in [0.2, 0.25) is 0 Å². The summed E-state index contributed by atoms with van der Waals surface area (Å²) in [6, 6.07) is 24.6. The second kappa shape index (κ2) is 4.20. The summed E-state index contributed by atoms with van der Waals surface area (Å²) in [5.74, 6) is 0. The highest BCUT2D eigenvalue weighted by atomic mass is 14.3. The van der Waals surface area contributed by atoms with E-state index in [4.69, 9.17) is 0 Å². The minimum absolute atomic E-state index is 1.07. The van der Waals surface area contributed by atoms with Crippen molar-refractivity contribution >= 4 is 21.5 Å². The SMILES string of the molecule is CCc1ccc2cccc3c2c1-c1c-3ccc2ccccc12. The molecule has 0 atom stereocenters. The van der Waals surface area contributed by atoms with Crippen LogP contribution in [-0.4, -0.2) is 0 Å². The molecule has 0 unspecified atom stereocenters. The van der Waals surface area contributed by atoms with Gasteiger partial charge in [-0.15, -0.1) is 0 Å². The summed E-state index contributed by atoms with van der Waals surface area (Å²) in [6.07, 6.45) is 1.07. The second-order valence-electron chi connectivity index (χ2n) is 6.07. The van der Waals surface area contributed by atoms with Crippen molar-refractivity contribution in [3.63, 3.8) is 0 Å². The van der Waals surface area contributed by atoms with Gasteiger partial charge in [-0.05, 0) is 55.8 Å². The second-order valence-corrected chi connectivity index (χ2v) is 6.07. The van der Waals surface area contributed by atoms with Crippen LogP contribution in [0.5, 0.6) is 0 Å². The number of benzene rings is 4. The van der Waals surface area contributed by atoms with Crippen LogP contribution < -0.4 is 0 Å². The maximum atomic E-state index is 2.30. The van der Waals surface area contributed by atoms with Gasteiger partial charge in [0.25, 0.3) is 0 Å². The van der Waals surface area contributed by atoms with Crippen LogP contribution >= 0.6 is 0 Å². The van der Waals surface area contributed by atoms with E-state index in [2.05, 4.69) is 73.7 Å². The number of rotatable bonds is 1. The molecule has 0 heterocycles. The molecule has 0 aromatic heterocycles. The van der Waals surface area contributed by atoms with Crippen molar-refractivity contribution in [2.45, 2.75) is 13.3 Å². The fourth-order valence-electron chi connectivity index (χ4n) is 3.99. The largest absolute Gasteiger partial charge is 0.0616 e. The lowest BCUT2D eigenvalue weighted by atomic mass is 9.93. The van der Waals surface area contributed by atoms with Crippen molar-refractivity contribution in [1.82, 2.24) is 0 Å². The van der Waals surface area contributed by atoms with E-state index in [0.717, 1.165) is 6.42 Å². The van der Waals surface area contributed by atoms with Gasteiger partial charge in [-0.1, -0.05) is 73.7 Å². The fourth-order valence-corrected chi connectivity index (χ4v) is 3.99. The summed E-state index contributed by atoms with van der Waals surface area (Å²) >= 11 is 0. The third-order valence-electron chi connectivity index (χ3n) is 4.98. The Morgan fingerprint density at radius 2 is 1.45 bits per heavy atom. The lowest BCUT2D eigenvalue weighted by Crippen LogP contribution is -1.87. The summed E-state index contributed by atoms with van der Waals surface area (Å²) < 4.78 is 0. The van der Waals surface area contributed by atoms with Gasteiger partial charge in [0.15, 0.2) is 0 Å². The summed E-state index contributed by atoms with van der Waals surface area (Å²) in [4.78, 5) is 0. The maximum absolute atomic E-state index is 2.30. The zero-order valence-electron chi connectivity index (χ0n) is 12.6. The van der Waals surface area contributed by atoms with Gasteiger partial charge in [0.1, 0.15) is 0 Å². The lowest BCUT2D eigenvalue weighted by Gasteiger charge is -2.11. The van der Waals surface area contributed by atoms with Gasteiger partial charge in [0, 0.05) is 0 Å². The standard InChI is InChI=1S/C22H16/c1-2-14-10-11-16-7-5-9-18-19-13-12-15-6-3-4-8-17(15)22(19)21(14)20(16)18/h3-13H,2H2,1H3. The fraction of sp³-hybridized carbons (Fsp3) is 0.0909. The van der Waals surface area contributed by atoms with Crippen LogP contribution in [0.3, 0.4) is 0 Å². The average Bonchev–Trinajstić information content (AvgIpc) is 2.93. The van der Waals surface area contributed by atoms with Gasteiger partial charge in [-0.3, -0.25) is 0 Å². The van der Waals surface area contributed by atoms with Gasteiger partial charge in [0.05, 0.1) is 0 Å². The molecule has 0 nitrogen and oxygen atoms in total. The van der Waals surface area contributed by atoms with E-state index in [9.17, 15) is 0 Å². The molecule has 0 fully saturated rings. The maximum Gasteiger partial charge on any atom is -0.00174 e. The van der Waals surface area contributed by atoms with Crippen LogP contribution in [0.1, 0.15) is 12.5 Å². The third kappa shape index (κ3) is 1.37. The van der Waals surface area contributed by atoms with Gasteiger partial charge in [-0.25, -0.2) is 0 Å². The Hall–Kier alpha value is -2.60. The molecule has 0 radical (unpaired) electrons. The summed E-state index contributed by atoms with van der Waals surface area (Å²) in [6.45, 7) is 2.25. The molecular weight excluding hydrogens is 264 g/mol. The highest BCUT2D eigenvalue weighted by Crippen LogP contribution is 2.51. The van der Waals surface area contributed by atoms with Crippen molar-refractivity contribution in [3.05, 3.63) is 72.3 Å². The molecule has 0 amide bonds. The molecule has 0 saturated carbocycles. The lowest BCUT2D eigenvalue weighted by molar-refractivity contribution is 1.15. The van der Waals surface area contributed by atoms with Gasteiger partial charge in [-0.2, -0.15) is 0 Å². The molecule has 4 aromatic rings. The van der Waals surface area contributed by atoms with Crippen molar-refractivity contribution < 1.29 is 0 Å². The van der Waals surface area contributed by atoms with Gasteiger partial charge in [0.2, 0.25) is 0 Å². The summed E-state index contributed by atoms with van der Waals surface area (Å²) in [5, 5.41) is 5.49. The van der Waals surface area contributed by atoms with Crippen LogP contribution in [-0.2, 0) is 6.42 Å². The summed E-state index contributed by atoms with van der Waals surface area (Å²) in [5.41, 5.74) is 7.13. The molecule has 1 aliphatic rings. The van der Waals surface area contributed by atoms with Crippen LogP contribution in [0.25, 0.3) is 43.8 Å². The summed E-state index contributed by atoms with van der Waals surface area (Å²) in [7, 11) is 0. The monoisotopic (exact) mass is 280 g/mol. The molecule has 22 heavy (non-hydrogen) atoms. The van der Waals surface area contributed by atoms with E-state index in [-0.39, 0.29) is 0 Å². The first-order valence-corrected chi connectivity index (χ1v) is 7.95. The van der Waals surface area contributed by atoms with E-state index in [1.165, 1.54) is 49.4 Å². The Kier molecular flexibility index (Phi) is 2.29. The Labute approximate surface area is 130 Å². The number of hydrogen-bond acceptors (Lipinski definition) is 0. The van der Waals surface area contributed by atoms with Gasteiger partial charge >= 0.3 is 0 Å². The molecular formula is C22H16. The zero-order chi connectivity index (χ0) is 14.7. The molecule has 4 aromatic carbocycles. The Balaban J connectivity index is 2.07. The van der Waals surface area contributed by atoms with Crippen molar-refractivity contribution in [2.75, 3.05) is 0 Å². The van der Waals surface area contributed by atoms with E-state index in [1.54, 1.807) is 0 Å². The van der Waals surface area contributed by atoms with Crippen molar-refractivity contribution in [1.29, 1.82) is 0 Å². The first-order valence-electron chi connectivity index (χ1n) is 7.95. The Morgan fingerprint density at radius 3 is 2.36 bits per heavy atom. The van der Waals surface area contributed by atoms with E-state index in [1.807, 2.05) is 0 Å². The Morgan fingerprint density at radius 1 is 0.636 bits per heavy atom. The molecule has 104 valence electrons. The van der Waals surface area contributed by atoms with Crippen LogP contribution in [0.15, 0.2) is 66.7 Å². The van der Waals surface area contributed by atoms with Crippen LogP contribution in [0, 0.1) is 0 Å². The number of fused-ring (bicyclic) bond motifs is 5. The normalized spacial score (nSPS) is 12.0. The predicted octanol–water partition coefficient (Wildman–Crippen LogP) is 6.20. The topological polar surface area (TPSA) is 0 Å². The molecule has 0 heteroatoms. The van der Waals surface area contributed by atoms with Crippen molar-refractivity contribution in [3.8, 4) is 22.3 Å². The minimum atomic E-state index is 1.07. The molecule has 0 aliphatic heterocycles. The third-order valence-corrected chi connectivity index (χ3v) is 4.98. The number of aryl methyl sites for hydroxylation is 1. The predicted molar refractivity (Wildman–Crippen MR) is 95.3 cm³/mol. The molecule has 0 spiro atoms. The quantitative estimate of drug-likeness (QED) is 0.343.